The molecule has 2 saturated heterocycles. The predicted molar refractivity (Wildman–Crippen MR) is 151 cm³/mol. The maximum absolute atomic E-state index is 12.7. The summed E-state index contributed by atoms with van der Waals surface area (Å²) in [5.41, 5.74) is -2.34. The van der Waals surface area contributed by atoms with Crippen molar-refractivity contribution in [2.75, 3.05) is 6.61 Å². The summed E-state index contributed by atoms with van der Waals surface area (Å²) in [6, 6.07) is 0. The summed E-state index contributed by atoms with van der Waals surface area (Å²) < 4.78 is 30.8. The third-order valence-corrected chi connectivity index (χ3v) is 13.1. The van der Waals surface area contributed by atoms with Gasteiger partial charge in [0.2, 0.25) is 0 Å². The first-order valence-corrected chi connectivity index (χ1v) is 16.2. The molecule has 0 aromatic heterocycles. The van der Waals surface area contributed by atoms with Crippen LogP contribution in [-0.2, 0) is 38.1 Å². The van der Waals surface area contributed by atoms with E-state index in [9.17, 15) is 19.5 Å². The Hall–Kier alpha value is -1.71. The van der Waals surface area contributed by atoms with E-state index in [2.05, 4.69) is 20.8 Å². The zero-order chi connectivity index (χ0) is 30.4. The minimum absolute atomic E-state index is 0.0323. The molecule has 0 aromatic carbocycles. The fraction of sp³-hybridized carbons (Fsp3) is 0.909. The molecule has 14 atom stereocenters. The molecule has 1 N–H and O–H groups in total. The monoisotopic (exact) mass is 590 g/mol. The first kappa shape index (κ1) is 30.3. The highest BCUT2D eigenvalue weighted by molar-refractivity contribution is 5.68. The van der Waals surface area contributed by atoms with Crippen LogP contribution in [-0.4, -0.2) is 65.4 Å². The van der Waals surface area contributed by atoms with Gasteiger partial charge in [0, 0.05) is 44.9 Å². The molecule has 42 heavy (non-hydrogen) atoms. The van der Waals surface area contributed by atoms with Crippen LogP contribution in [0.4, 0.5) is 0 Å². The van der Waals surface area contributed by atoms with Gasteiger partial charge in [0.25, 0.3) is 0 Å². The number of carbonyl (C=O) groups is 3. The molecule has 6 aliphatic rings. The van der Waals surface area contributed by atoms with Gasteiger partial charge in [-0.2, -0.15) is 0 Å². The normalized spacial score (nSPS) is 52.9. The Balaban J connectivity index is 1.34. The Kier molecular flexibility index (Phi) is 7.34. The highest BCUT2D eigenvalue weighted by Crippen LogP contribution is 2.72. The smallest absolute Gasteiger partial charge is 0.303 e. The van der Waals surface area contributed by atoms with Gasteiger partial charge in [-0.05, 0) is 73.5 Å². The van der Waals surface area contributed by atoms with Gasteiger partial charge in [0.05, 0.1) is 12.7 Å². The summed E-state index contributed by atoms with van der Waals surface area (Å²) in [5.74, 6) is -0.00149. The van der Waals surface area contributed by atoms with Crippen LogP contribution < -0.4 is 0 Å². The van der Waals surface area contributed by atoms with Gasteiger partial charge in [-0.15, -0.1) is 0 Å². The minimum Gasteiger partial charge on any atom is -0.462 e. The summed E-state index contributed by atoms with van der Waals surface area (Å²) >= 11 is 0. The number of hydrogen-bond acceptors (Lipinski definition) is 9. The molecule has 236 valence electrons. The highest BCUT2D eigenvalue weighted by atomic mass is 16.7. The van der Waals surface area contributed by atoms with E-state index in [-0.39, 0.29) is 23.9 Å². The molecule has 0 radical (unpaired) electrons. The van der Waals surface area contributed by atoms with Crippen LogP contribution in [0.15, 0.2) is 0 Å². The van der Waals surface area contributed by atoms with Crippen LogP contribution in [0.5, 0.6) is 0 Å². The first-order valence-electron chi connectivity index (χ1n) is 16.2. The number of fused-ring (bicyclic) bond motifs is 7. The Morgan fingerprint density at radius 2 is 1.52 bits per heavy atom. The average molecular weight is 591 g/mol. The molecular formula is C33H50O9. The largest absolute Gasteiger partial charge is 0.462 e. The van der Waals surface area contributed by atoms with Crippen molar-refractivity contribution in [2.24, 2.45) is 46.3 Å². The Bertz CT molecular complexity index is 1110. The summed E-state index contributed by atoms with van der Waals surface area (Å²) in [4.78, 5) is 36.8. The Morgan fingerprint density at radius 3 is 2.14 bits per heavy atom. The lowest BCUT2D eigenvalue weighted by molar-refractivity contribution is -0.307. The lowest BCUT2D eigenvalue weighted by atomic mass is 9.41. The molecule has 2 aliphatic heterocycles. The quantitative estimate of drug-likeness (QED) is 0.373. The number of rotatable bonds is 3. The molecule has 0 unspecified atom stereocenters. The first-order chi connectivity index (χ1) is 19.7. The van der Waals surface area contributed by atoms with Gasteiger partial charge >= 0.3 is 17.9 Å². The standard InChI is InChI=1S/C33H50O9/c1-17-8-13-33(38-16-17)18(2)28-25(42-33)14-24-22-9-12-32(37)29(41-21(5)36)26(39-19(3)34)15-27(40-20(4)35)31(32,7)23(22)10-11-30(24,28)6/h17-18,22-29,37H,8-16H2,1-7H3/t17-,18-,22+,23-,24+,25-,26-,27+,28-,29-,30-,31-,32-,33+/m0/s1. The van der Waals surface area contributed by atoms with Gasteiger partial charge in [-0.3, -0.25) is 14.4 Å². The van der Waals surface area contributed by atoms with Crippen molar-refractivity contribution in [3.8, 4) is 0 Å². The van der Waals surface area contributed by atoms with Crippen molar-refractivity contribution in [2.45, 2.75) is 136 Å². The van der Waals surface area contributed by atoms with Crippen molar-refractivity contribution in [1.82, 2.24) is 0 Å². The molecule has 0 bridgehead atoms. The summed E-state index contributed by atoms with van der Waals surface area (Å²) in [7, 11) is 0. The SMILES string of the molecule is CC(=O)O[C@H]1C[C@@H](OC(C)=O)[C@]2(C)[C@H]3CC[C@]4(C)[C@@H]5[C@H](C[C@@H]4[C@@H]3CC[C@]2(O)[C@H]1OC(C)=O)O[C@]1(CC[C@H](C)CO1)[C@H]5C. The van der Waals surface area contributed by atoms with Crippen LogP contribution in [0.2, 0.25) is 0 Å². The van der Waals surface area contributed by atoms with Crippen LogP contribution in [0, 0.1) is 46.3 Å². The maximum Gasteiger partial charge on any atom is 0.303 e. The van der Waals surface area contributed by atoms with Crippen molar-refractivity contribution in [1.29, 1.82) is 0 Å². The van der Waals surface area contributed by atoms with Gasteiger partial charge in [0.1, 0.15) is 17.8 Å². The zero-order valence-electron chi connectivity index (χ0n) is 26.4. The van der Waals surface area contributed by atoms with Crippen LogP contribution >= 0.6 is 0 Å². The van der Waals surface area contributed by atoms with Gasteiger partial charge in [-0.25, -0.2) is 0 Å². The van der Waals surface area contributed by atoms with Gasteiger partial charge in [0.15, 0.2) is 11.9 Å². The second kappa shape index (κ2) is 10.2. The van der Waals surface area contributed by atoms with Crippen LogP contribution in [0.3, 0.4) is 0 Å². The average Bonchev–Trinajstić information content (AvgIpc) is 3.34. The van der Waals surface area contributed by atoms with Crippen molar-refractivity contribution in [3.63, 3.8) is 0 Å². The Labute approximate surface area is 249 Å². The van der Waals surface area contributed by atoms with Gasteiger partial charge in [-0.1, -0.05) is 27.7 Å². The fourth-order valence-corrected chi connectivity index (χ4v) is 11.3. The van der Waals surface area contributed by atoms with Crippen LogP contribution in [0.1, 0.15) is 99.8 Å². The summed E-state index contributed by atoms with van der Waals surface area (Å²) in [6.45, 7) is 13.8. The lowest BCUT2D eigenvalue weighted by Crippen LogP contribution is -2.75. The number of carbonyl (C=O) groups excluding carboxylic acids is 3. The van der Waals surface area contributed by atoms with E-state index in [1.54, 1.807) is 0 Å². The van der Waals surface area contributed by atoms with E-state index in [1.807, 2.05) is 6.92 Å². The van der Waals surface area contributed by atoms with E-state index in [0.29, 0.717) is 36.0 Å². The van der Waals surface area contributed by atoms with Crippen LogP contribution in [0.25, 0.3) is 0 Å². The topological polar surface area (TPSA) is 118 Å². The second-order valence-corrected chi connectivity index (χ2v) is 15.2. The van der Waals surface area contributed by atoms with Crippen molar-refractivity contribution >= 4 is 17.9 Å². The van der Waals surface area contributed by atoms with E-state index < -0.39 is 53.0 Å². The molecule has 2 heterocycles. The molecule has 4 aliphatic carbocycles. The second-order valence-electron chi connectivity index (χ2n) is 15.2. The van der Waals surface area contributed by atoms with Gasteiger partial charge < -0.3 is 28.8 Å². The molecule has 1 spiro atoms. The predicted octanol–water partition coefficient (Wildman–Crippen LogP) is 4.56. The molecule has 6 fully saturated rings. The third-order valence-electron chi connectivity index (χ3n) is 13.1. The molecule has 9 heteroatoms. The summed E-state index contributed by atoms with van der Waals surface area (Å²) in [5, 5.41) is 12.7. The molecule has 6 rings (SSSR count). The molecular weight excluding hydrogens is 540 g/mol. The fourth-order valence-electron chi connectivity index (χ4n) is 11.3. The molecule has 0 amide bonds. The van der Waals surface area contributed by atoms with Crippen molar-refractivity contribution < 1.29 is 43.2 Å². The highest BCUT2D eigenvalue weighted by Gasteiger charge is 2.75. The number of ether oxygens (including phenoxy) is 5. The van der Waals surface area contributed by atoms with Crippen molar-refractivity contribution in [3.05, 3.63) is 0 Å². The van der Waals surface area contributed by atoms with E-state index >= 15 is 0 Å². The number of aliphatic hydroxyl groups is 1. The third kappa shape index (κ3) is 4.22. The zero-order valence-corrected chi connectivity index (χ0v) is 26.4. The molecule has 4 saturated carbocycles. The lowest BCUT2D eigenvalue weighted by Gasteiger charge is -2.66. The molecule has 9 nitrogen and oxygen atoms in total. The number of hydrogen-bond donors (Lipinski definition) is 1. The van der Waals surface area contributed by atoms with E-state index in [4.69, 9.17) is 23.7 Å². The number of esters is 3. The van der Waals surface area contributed by atoms with E-state index in [0.717, 1.165) is 45.1 Å². The minimum atomic E-state index is -1.53. The Morgan fingerprint density at radius 1 is 0.833 bits per heavy atom. The molecule has 0 aromatic rings. The summed E-state index contributed by atoms with van der Waals surface area (Å²) in [6.07, 6.45) is 3.67. The maximum atomic E-state index is 12.7. The van der Waals surface area contributed by atoms with E-state index in [1.165, 1.54) is 20.8 Å².